The first-order valence-electron chi connectivity index (χ1n) is 7.44. The molecule has 0 aromatic heterocycles. The highest BCUT2D eigenvalue weighted by molar-refractivity contribution is 5.80. The molecule has 0 fully saturated rings. The summed E-state index contributed by atoms with van der Waals surface area (Å²) in [5, 5.41) is 0. The second-order valence-corrected chi connectivity index (χ2v) is 5.74. The quantitative estimate of drug-likeness (QED) is 0.695. The molecule has 2 aliphatic carbocycles. The molecular weight excluding hydrogens is 240 g/mol. The number of allylic oxidation sites excluding steroid dienone is 4. The van der Waals surface area contributed by atoms with Crippen molar-refractivity contribution in [3.63, 3.8) is 0 Å². The molecule has 0 radical (unpaired) electrons. The van der Waals surface area contributed by atoms with Crippen molar-refractivity contribution in [2.75, 3.05) is 0 Å². The highest BCUT2D eigenvalue weighted by Crippen LogP contribution is 2.50. The zero-order valence-electron chi connectivity index (χ0n) is 11.5. The molecule has 2 atom stereocenters. The van der Waals surface area contributed by atoms with Crippen molar-refractivity contribution < 1.29 is 0 Å². The third kappa shape index (κ3) is 1.84. The molecule has 0 saturated heterocycles. The predicted octanol–water partition coefficient (Wildman–Crippen LogP) is 5.19. The number of benzene rings is 2. The molecule has 2 aliphatic rings. The van der Waals surface area contributed by atoms with Crippen LogP contribution in [0.25, 0.3) is 11.1 Å². The van der Waals surface area contributed by atoms with E-state index in [2.05, 4.69) is 72.8 Å². The standard InChI is InChI=1S/C20H18/c1-3-7-15(8-4-1)17-11-13-20-18(12-14-19(17)20)16-9-5-2-6-10-16/h1-12,19-20H,13-14H2/t19-,20+. The number of fused-ring (bicyclic) bond motifs is 1. The Labute approximate surface area is 120 Å². The van der Waals surface area contributed by atoms with Gasteiger partial charge in [-0.3, -0.25) is 0 Å². The third-order valence-corrected chi connectivity index (χ3v) is 4.68. The van der Waals surface area contributed by atoms with Crippen molar-refractivity contribution in [1.82, 2.24) is 0 Å². The highest BCUT2D eigenvalue weighted by atomic mass is 14.4. The Kier molecular flexibility index (Phi) is 2.81. The van der Waals surface area contributed by atoms with Crippen LogP contribution in [0.5, 0.6) is 0 Å². The van der Waals surface area contributed by atoms with E-state index >= 15 is 0 Å². The molecule has 0 unspecified atom stereocenters. The lowest BCUT2D eigenvalue weighted by atomic mass is 9.85. The monoisotopic (exact) mass is 258 g/mol. The molecule has 0 spiro atoms. The highest BCUT2D eigenvalue weighted by Gasteiger charge is 2.36. The van der Waals surface area contributed by atoms with Crippen molar-refractivity contribution in [2.45, 2.75) is 12.8 Å². The molecular formula is C20H18. The second-order valence-electron chi connectivity index (χ2n) is 5.74. The van der Waals surface area contributed by atoms with E-state index in [1.54, 1.807) is 11.1 Å². The van der Waals surface area contributed by atoms with Gasteiger partial charge in [0.05, 0.1) is 0 Å². The fourth-order valence-corrected chi connectivity index (χ4v) is 3.75. The summed E-state index contributed by atoms with van der Waals surface area (Å²) in [7, 11) is 0. The van der Waals surface area contributed by atoms with Gasteiger partial charge in [0.25, 0.3) is 0 Å². The summed E-state index contributed by atoms with van der Waals surface area (Å²) < 4.78 is 0. The Morgan fingerprint density at radius 3 is 1.35 bits per heavy atom. The lowest BCUT2D eigenvalue weighted by Gasteiger charge is -2.18. The molecule has 2 aromatic rings. The molecule has 20 heavy (non-hydrogen) atoms. The van der Waals surface area contributed by atoms with Crippen molar-refractivity contribution in [3.8, 4) is 0 Å². The van der Waals surface area contributed by atoms with Crippen molar-refractivity contribution in [2.24, 2.45) is 11.8 Å². The average Bonchev–Trinajstić information content (AvgIpc) is 3.10. The smallest absolute Gasteiger partial charge is 0.00525 e. The summed E-state index contributed by atoms with van der Waals surface area (Å²) in [5.41, 5.74) is 5.92. The Morgan fingerprint density at radius 2 is 0.950 bits per heavy atom. The van der Waals surface area contributed by atoms with Crippen LogP contribution < -0.4 is 0 Å². The number of hydrogen-bond donors (Lipinski definition) is 0. The van der Waals surface area contributed by atoms with Crippen LogP contribution in [0.15, 0.2) is 72.8 Å². The maximum atomic E-state index is 2.46. The predicted molar refractivity (Wildman–Crippen MR) is 85.1 cm³/mol. The summed E-state index contributed by atoms with van der Waals surface area (Å²) >= 11 is 0. The molecule has 0 bridgehead atoms. The van der Waals surface area contributed by atoms with Crippen LogP contribution in [0.1, 0.15) is 24.0 Å². The van der Waals surface area contributed by atoms with Gasteiger partial charge in [-0.2, -0.15) is 0 Å². The Hall–Kier alpha value is -2.08. The van der Waals surface area contributed by atoms with Crippen molar-refractivity contribution >= 4 is 11.1 Å². The normalized spacial score (nSPS) is 24.2. The fraction of sp³-hybridized carbons (Fsp3) is 0.200. The van der Waals surface area contributed by atoms with Gasteiger partial charge >= 0.3 is 0 Å². The Balaban J connectivity index is 1.63. The minimum absolute atomic E-state index is 0.688. The van der Waals surface area contributed by atoms with E-state index in [9.17, 15) is 0 Å². The molecule has 0 saturated carbocycles. The van der Waals surface area contributed by atoms with Crippen LogP contribution in [-0.2, 0) is 0 Å². The molecule has 0 N–H and O–H groups in total. The Morgan fingerprint density at radius 1 is 0.550 bits per heavy atom. The number of hydrogen-bond acceptors (Lipinski definition) is 0. The molecule has 4 rings (SSSR count). The van der Waals surface area contributed by atoms with Gasteiger partial charge in [0.2, 0.25) is 0 Å². The largest absolute Gasteiger partial charge is 0.0798 e. The fourth-order valence-electron chi connectivity index (χ4n) is 3.75. The topological polar surface area (TPSA) is 0 Å². The van der Waals surface area contributed by atoms with Gasteiger partial charge in [0.15, 0.2) is 0 Å². The Bertz CT molecular complexity index is 600. The van der Waals surface area contributed by atoms with E-state index in [1.807, 2.05) is 0 Å². The average molecular weight is 258 g/mol. The van der Waals surface area contributed by atoms with Crippen LogP contribution in [0.2, 0.25) is 0 Å². The van der Waals surface area contributed by atoms with Crippen molar-refractivity contribution in [1.29, 1.82) is 0 Å². The van der Waals surface area contributed by atoms with E-state index < -0.39 is 0 Å². The SMILES string of the molecule is C1=C(c2ccccc2)[C@H]2CC=C(c3ccccc3)[C@@H]2C1. The van der Waals surface area contributed by atoms with E-state index in [4.69, 9.17) is 0 Å². The summed E-state index contributed by atoms with van der Waals surface area (Å²) in [6.07, 6.45) is 7.30. The van der Waals surface area contributed by atoms with Crippen LogP contribution in [0.4, 0.5) is 0 Å². The first-order chi connectivity index (χ1) is 9.93. The zero-order valence-corrected chi connectivity index (χ0v) is 11.5. The van der Waals surface area contributed by atoms with Crippen molar-refractivity contribution in [3.05, 3.63) is 83.9 Å². The first kappa shape index (κ1) is 11.7. The van der Waals surface area contributed by atoms with E-state index in [1.165, 1.54) is 24.0 Å². The van der Waals surface area contributed by atoms with E-state index in [0.717, 1.165) is 0 Å². The van der Waals surface area contributed by atoms with Crippen LogP contribution in [0, 0.1) is 11.8 Å². The van der Waals surface area contributed by atoms with Gasteiger partial charge in [-0.05, 0) is 47.0 Å². The summed E-state index contributed by atoms with van der Waals surface area (Å²) in [6, 6.07) is 21.7. The molecule has 98 valence electrons. The molecule has 2 aromatic carbocycles. The van der Waals surface area contributed by atoms with E-state index in [0.29, 0.717) is 11.8 Å². The second kappa shape index (κ2) is 4.79. The third-order valence-electron chi connectivity index (χ3n) is 4.68. The minimum Gasteiger partial charge on any atom is -0.0798 e. The zero-order chi connectivity index (χ0) is 13.4. The minimum atomic E-state index is 0.688. The van der Waals surface area contributed by atoms with Gasteiger partial charge in [-0.25, -0.2) is 0 Å². The van der Waals surface area contributed by atoms with Crippen LogP contribution >= 0.6 is 0 Å². The number of rotatable bonds is 2. The lowest BCUT2D eigenvalue weighted by molar-refractivity contribution is 0.574. The molecule has 0 heterocycles. The molecule has 0 nitrogen and oxygen atoms in total. The van der Waals surface area contributed by atoms with Gasteiger partial charge in [0.1, 0.15) is 0 Å². The van der Waals surface area contributed by atoms with Gasteiger partial charge in [-0.1, -0.05) is 72.8 Å². The molecule has 0 heteroatoms. The van der Waals surface area contributed by atoms with E-state index in [-0.39, 0.29) is 0 Å². The van der Waals surface area contributed by atoms with Gasteiger partial charge < -0.3 is 0 Å². The molecule has 0 aliphatic heterocycles. The maximum absolute atomic E-state index is 2.46. The van der Waals surface area contributed by atoms with Crippen LogP contribution in [-0.4, -0.2) is 0 Å². The summed E-state index contributed by atoms with van der Waals surface area (Å²) in [4.78, 5) is 0. The van der Waals surface area contributed by atoms with Gasteiger partial charge in [-0.15, -0.1) is 0 Å². The van der Waals surface area contributed by atoms with Crippen LogP contribution in [0.3, 0.4) is 0 Å². The first-order valence-corrected chi connectivity index (χ1v) is 7.44. The van der Waals surface area contributed by atoms with Gasteiger partial charge in [0, 0.05) is 0 Å². The maximum Gasteiger partial charge on any atom is -0.00525 e. The lowest BCUT2D eigenvalue weighted by Crippen LogP contribution is -2.06. The summed E-state index contributed by atoms with van der Waals surface area (Å²) in [5.74, 6) is 1.38. The summed E-state index contributed by atoms with van der Waals surface area (Å²) in [6.45, 7) is 0. The molecule has 0 amide bonds.